The number of hydrogen-bond acceptors (Lipinski definition) is 5. The third-order valence-electron chi connectivity index (χ3n) is 3.15. The van der Waals surface area contributed by atoms with Crippen LogP contribution in [0.15, 0.2) is 51.8 Å². The molecule has 0 unspecified atom stereocenters. The van der Waals surface area contributed by atoms with Crippen LogP contribution in [0.3, 0.4) is 0 Å². The summed E-state index contributed by atoms with van der Waals surface area (Å²) in [6, 6.07) is 7.66. The fourth-order valence-electron chi connectivity index (χ4n) is 2.11. The minimum absolute atomic E-state index is 0.515. The molecule has 0 spiro atoms. The molecule has 1 N–H and O–H groups in total. The van der Waals surface area contributed by atoms with Crippen LogP contribution in [-0.2, 0) is 11.3 Å². The molecule has 3 aromatic heterocycles. The second-order valence-corrected chi connectivity index (χ2v) is 5.71. The molecule has 0 saturated heterocycles. The number of fused-ring (bicyclic) bond motifs is 1. The molecular formula is C16H16BrN3O2. The number of anilines is 1. The molecule has 114 valence electrons. The highest BCUT2D eigenvalue weighted by Crippen LogP contribution is 2.21. The fraction of sp³-hybridized carbons (Fsp3) is 0.250. The number of pyridine rings is 2. The summed E-state index contributed by atoms with van der Waals surface area (Å²) >= 11 is 3.41. The zero-order valence-corrected chi connectivity index (χ0v) is 13.5. The van der Waals surface area contributed by atoms with Crippen molar-refractivity contribution in [3.8, 4) is 0 Å². The first-order valence-corrected chi connectivity index (χ1v) is 7.86. The van der Waals surface area contributed by atoms with Gasteiger partial charge in [-0.25, -0.2) is 0 Å². The number of rotatable bonds is 7. The highest BCUT2D eigenvalue weighted by atomic mass is 79.9. The molecule has 0 amide bonds. The summed E-state index contributed by atoms with van der Waals surface area (Å²) < 4.78 is 11.7. The van der Waals surface area contributed by atoms with Gasteiger partial charge in [0.2, 0.25) is 0 Å². The summed E-state index contributed by atoms with van der Waals surface area (Å²) in [5.74, 6) is 0.850. The van der Waals surface area contributed by atoms with Crippen LogP contribution >= 0.6 is 15.9 Å². The molecular weight excluding hydrogens is 346 g/mol. The maximum Gasteiger partial charge on any atom is 0.129 e. The topological polar surface area (TPSA) is 60.2 Å². The third kappa shape index (κ3) is 3.84. The van der Waals surface area contributed by atoms with Crippen molar-refractivity contribution in [3.05, 3.63) is 53.2 Å². The first-order valence-electron chi connectivity index (χ1n) is 7.07. The number of ether oxygens (including phenoxy) is 1. The van der Waals surface area contributed by atoms with E-state index in [1.54, 1.807) is 18.7 Å². The van der Waals surface area contributed by atoms with Gasteiger partial charge in [0.05, 0.1) is 17.5 Å². The van der Waals surface area contributed by atoms with Gasteiger partial charge in [-0.2, -0.15) is 0 Å². The zero-order chi connectivity index (χ0) is 15.2. The second kappa shape index (κ2) is 7.38. The summed E-state index contributed by atoms with van der Waals surface area (Å²) in [5, 5.41) is 3.38. The van der Waals surface area contributed by atoms with Crippen molar-refractivity contribution >= 4 is 32.7 Å². The average Bonchev–Trinajstić information content (AvgIpc) is 3.03. The lowest BCUT2D eigenvalue weighted by Gasteiger charge is -2.09. The Hall–Kier alpha value is -1.92. The monoisotopic (exact) mass is 361 g/mol. The van der Waals surface area contributed by atoms with Crippen molar-refractivity contribution in [3.63, 3.8) is 0 Å². The van der Waals surface area contributed by atoms with Gasteiger partial charge in [-0.15, -0.1) is 0 Å². The van der Waals surface area contributed by atoms with E-state index in [1.165, 1.54) is 0 Å². The molecule has 3 rings (SSSR count). The summed E-state index contributed by atoms with van der Waals surface area (Å²) in [5.41, 5.74) is 2.74. The molecule has 0 aromatic carbocycles. The quantitative estimate of drug-likeness (QED) is 0.644. The van der Waals surface area contributed by atoms with Crippen molar-refractivity contribution < 1.29 is 9.15 Å². The van der Waals surface area contributed by atoms with Crippen LogP contribution < -0.4 is 5.32 Å². The number of furan rings is 1. The molecule has 0 aliphatic rings. The van der Waals surface area contributed by atoms with E-state index in [9.17, 15) is 0 Å². The van der Waals surface area contributed by atoms with Crippen LogP contribution in [0.25, 0.3) is 11.0 Å². The highest BCUT2D eigenvalue weighted by molar-refractivity contribution is 9.10. The predicted molar refractivity (Wildman–Crippen MR) is 88.7 cm³/mol. The smallest absolute Gasteiger partial charge is 0.129 e. The van der Waals surface area contributed by atoms with E-state index in [2.05, 4.69) is 31.2 Å². The minimum Gasteiger partial charge on any atom is -0.467 e. The first-order chi connectivity index (χ1) is 10.8. The number of nitrogens with zero attached hydrogens (tertiary/aromatic N) is 2. The van der Waals surface area contributed by atoms with Crippen LogP contribution in [0.4, 0.5) is 5.69 Å². The lowest BCUT2D eigenvalue weighted by Crippen LogP contribution is -2.06. The normalized spacial score (nSPS) is 11.0. The van der Waals surface area contributed by atoms with Crippen LogP contribution in [-0.4, -0.2) is 23.1 Å². The van der Waals surface area contributed by atoms with E-state index in [0.29, 0.717) is 13.2 Å². The van der Waals surface area contributed by atoms with E-state index in [1.807, 2.05) is 24.3 Å². The Kier molecular flexibility index (Phi) is 5.03. The Morgan fingerprint density at radius 2 is 2.23 bits per heavy atom. The lowest BCUT2D eigenvalue weighted by molar-refractivity contribution is 0.106. The van der Waals surface area contributed by atoms with Gasteiger partial charge in [0.15, 0.2) is 0 Å². The molecule has 6 heteroatoms. The van der Waals surface area contributed by atoms with Gasteiger partial charge in [-0.3, -0.25) is 9.97 Å². The van der Waals surface area contributed by atoms with Crippen molar-refractivity contribution in [2.75, 3.05) is 18.5 Å². The van der Waals surface area contributed by atoms with E-state index >= 15 is 0 Å². The van der Waals surface area contributed by atoms with Crippen molar-refractivity contribution in [1.29, 1.82) is 0 Å². The maximum absolute atomic E-state index is 5.55. The van der Waals surface area contributed by atoms with Crippen LogP contribution in [0.2, 0.25) is 0 Å². The van der Waals surface area contributed by atoms with Crippen molar-refractivity contribution in [1.82, 2.24) is 9.97 Å². The van der Waals surface area contributed by atoms with Gasteiger partial charge >= 0.3 is 0 Å². The minimum atomic E-state index is 0.515. The molecule has 0 radical (unpaired) electrons. The van der Waals surface area contributed by atoms with Crippen LogP contribution in [0.1, 0.15) is 12.2 Å². The molecule has 0 aliphatic heterocycles. The molecule has 3 aromatic rings. The van der Waals surface area contributed by atoms with E-state index in [-0.39, 0.29) is 0 Å². The summed E-state index contributed by atoms with van der Waals surface area (Å²) in [6.07, 6.45) is 6.12. The van der Waals surface area contributed by atoms with Gasteiger partial charge in [0, 0.05) is 30.0 Å². The maximum atomic E-state index is 5.55. The van der Waals surface area contributed by atoms with Gasteiger partial charge in [-0.1, -0.05) is 0 Å². The Morgan fingerprint density at radius 3 is 3.09 bits per heavy atom. The van der Waals surface area contributed by atoms with Gasteiger partial charge < -0.3 is 14.5 Å². The average molecular weight is 362 g/mol. The SMILES string of the molecule is Brc1cnc2c(NCCCOCc3ccco3)ccnc2c1. The summed E-state index contributed by atoms with van der Waals surface area (Å²) in [6.45, 7) is 2.01. The Labute approximate surface area is 136 Å². The molecule has 22 heavy (non-hydrogen) atoms. The van der Waals surface area contributed by atoms with E-state index in [0.717, 1.165) is 39.9 Å². The Balaban J connectivity index is 1.47. The molecule has 0 fully saturated rings. The molecule has 5 nitrogen and oxygen atoms in total. The summed E-state index contributed by atoms with van der Waals surface area (Å²) in [7, 11) is 0. The van der Waals surface area contributed by atoms with E-state index in [4.69, 9.17) is 9.15 Å². The standard InChI is InChI=1S/C16H16BrN3O2/c17-12-9-15-16(20-10-12)14(4-6-19-15)18-5-2-7-21-11-13-3-1-8-22-13/h1,3-4,6,8-10H,2,5,7,11H2,(H,18,19). The number of aromatic nitrogens is 2. The molecule has 0 aliphatic carbocycles. The molecule has 3 heterocycles. The van der Waals surface area contributed by atoms with Crippen molar-refractivity contribution in [2.45, 2.75) is 13.0 Å². The summed E-state index contributed by atoms with van der Waals surface area (Å²) in [4.78, 5) is 8.74. The molecule has 0 atom stereocenters. The van der Waals surface area contributed by atoms with E-state index < -0.39 is 0 Å². The van der Waals surface area contributed by atoms with Crippen molar-refractivity contribution in [2.24, 2.45) is 0 Å². The molecule has 0 bridgehead atoms. The number of halogens is 1. The van der Waals surface area contributed by atoms with Crippen LogP contribution in [0.5, 0.6) is 0 Å². The lowest BCUT2D eigenvalue weighted by atomic mass is 10.3. The van der Waals surface area contributed by atoms with Crippen LogP contribution in [0, 0.1) is 0 Å². The fourth-order valence-corrected chi connectivity index (χ4v) is 2.43. The number of hydrogen-bond donors (Lipinski definition) is 1. The largest absolute Gasteiger partial charge is 0.467 e. The Morgan fingerprint density at radius 1 is 1.27 bits per heavy atom. The second-order valence-electron chi connectivity index (χ2n) is 4.79. The van der Waals surface area contributed by atoms with Gasteiger partial charge in [-0.05, 0) is 46.6 Å². The predicted octanol–water partition coefficient (Wildman–Crippen LogP) is 4.00. The highest BCUT2D eigenvalue weighted by Gasteiger charge is 2.03. The third-order valence-corrected chi connectivity index (χ3v) is 3.58. The first kappa shape index (κ1) is 15.0. The van der Waals surface area contributed by atoms with Gasteiger partial charge in [0.25, 0.3) is 0 Å². The molecule has 0 saturated carbocycles. The Bertz CT molecular complexity index is 731. The van der Waals surface area contributed by atoms with Gasteiger partial charge in [0.1, 0.15) is 17.9 Å². The number of nitrogens with one attached hydrogen (secondary N) is 1. The zero-order valence-electron chi connectivity index (χ0n) is 12.0.